The van der Waals surface area contributed by atoms with Crippen molar-refractivity contribution in [1.82, 2.24) is 5.32 Å². The molecule has 1 aromatic carbocycles. The fraction of sp³-hybridized carbons (Fsp3) is 0.550. The molecule has 1 aromatic rings. The molecule has 2 nitrogen and oxygen atoms in total. The first-order valence-electron chi connectivity index (χ1n) is 8.01. The minimum absolute atomic E-state index is 0. The van der Waals surface area contributed by atoms with Crippen molar-refractivity contribution < 1.29 is 4.79 Å². The second-order valence-corrected chi connectivity index (χ2v) is 5.87. The van der Waals surface area contributed by atoms with Crippen molar-refractivity contribution in [3.63, 3.8) is 0 Å². The van der Waals surface area contributed by atoms with E-state index < -0.39 is 0 Å². The Morgan fingerprint density at radius 3 is 2.41 bits per heavy atom. The van der Waals surface area contributed by atoms with Gasteiger partial charge in [-0.2, -0.15) is 0 Å². The van der Waals surface area contributed by atoms with Gasteiger partial charge in [0.05, 0.1) is 0 Å². The van der Waals surface area contributed by atoms with Crippen LogP contribution in [0.15, 0.2) is 24.8 Å². The van der Waals surface area contributed by atoms with Crippen LogP contribution in [0.4, 0.5) is 0 Å². The maximum Gasteiger partial charge on any atom is 0.129 e. The van der Waals surface area contributed by atoms with Gasteiger partial charge in [-0.05, 0) is 44.7 Å². The summed E-state index contributed by atoms with van der Waals surface area (Å²) in [6, 6.07) is 6.34. The molecule has 0 bridgehead atoms. The van der Waals surface area contributed by atoms with E-state index in [2.05, 4.69) is 43.9 Å². The van der Waals surface area contributed by atoms with Gasteiger partial charge < -0.3 is 10.1 Å². The standard InChI is InChI=1S/C19H29NO.CH4/c1-15-11-10-13-19(17(15)3)18(4)20-14-9-7-5-6-8-12-16(2)21;/h10-11,13,20H,4-9,12,14H2,1-3H3;1H4. The maximum atomic E-state index is 10.8. The molecule has 0 fully saturated rings. The average molecular weight is 303 g/mol. The molecule has 0 heterocycles. The van der Waals surface area contributed by atoms with Crippen molar-refractivity contribution in [2.24, 2.45) is 0 Å². The Kier molecular flexibility index (Phi) is 10.3. The zero-order chi connectivity index (χ0) is 15.7. The molecule has 0 unspecified atom stereocenters. The first-order valence-corrected chi connectivity index (χ1v) is 8.01. The molecule has 0 saturated heterocycles. The van der Waals surface area contributed by atoms with Crippen molar-refractivity contribution in [2.45, 2.75) is 66.7 Å². The van der Waals surface area contributed by atoms with E-state index in [9.17, 15) is 4.79 Å². The molecule has 1 N–H and O–H groups in total. The van der Waals surface area contributed by atoms with Crippen LogP contribution in [-0.4, -0.2) is 12.3 Å². The van der Waals surface area contributed by atoms with Crippen LogP contribution in [0.1, 0.15) is 69.6 Å². The Bertz CT molecular complexity index is 477. The highest BCUT2D eigenvalue weighted by Gasteiger charge is 2.03. The van der Waals surface area contributed by atoms with Crippen LogP contribution in [-0.2, 0) is 4.79 Å². The monoisotopic (exact) mass is 303 g/mol. The summed E-state index contributed by atoms with van der Waals surface area (Å²) in [7, 11) is 0. The van der Waals surface area contributed by atoms with E-state index in [1.807, 2.05) is 0 Å². The van der Waals surface area contributed by atoms with Gasteiger partial charge in [0.2, 0.25) is 0 Å². The largest absolute Gasteiger partial charge is 0.385 e. The van der Waals surface area contributed by atoms with Gasteiger partial charge >= 0.3 is 0 Å². The van der Waals surface area contributed by atoms with E-state index in [0.717, 1.165) is 37.9 Å². The Morgan fingerprint density at radius 2 is 1.73 bits per heavy atom. The molecule has 0 aliphatic carbocycles. The summed E-state index contributed by atoms with van der Waals surface area (Å²) >= 11 is 0. The second kappa shape index (κ2) is 11.1. The first-order chi connectivity index (χ1) is 10.0. The highest BCUT2D eigenvalue weighted by atomic mass is 16.1. The third kappa shape index (κ3) is 7.44. The minimum Gasteiger partial charge on any atom is -0.385 e. The number of aryl methyl sites for hydroxylation is 1. The lowest BCUT2D eigenvalue weighted by Gasteiger charge is -2.13. The third-order valence-electron chi connectivity index (χ3n) is 3.97. The van der Waals surface area contributed by atoms with Crippen LogP contribution in [0.3, 0.4) is 0 Å². The van der Waals surface area contributed by atoms with Gasteiger partial charge in [0.15, 0.2) is 0 Å². The van der Waals surface area contributed by atoms with E-state index in [1.54, 1.807) is 6.92 Å². The van der Waals surface area contributed by atoms with Crippen molar-refractivity contribution >= 4 is 11.5 Å². The fourth-order valence-electron chi connectivity index (χ4n) is 2.44. The molecule has 0 spiro atoms. The number of hydrogen-bond acceptors (Lipinski definition) is 2. The van der Waals surface area contributed by atoms with Gasteiger partial charge in [-0.3, -0.25) is 0 Å². The van der Waals surface area contributed by atoms with Gasteiger partial charge in [0, 0.05) is 24.2 Å². The predicted octanol–water partition coefficient (Wildman–Crippen LogP) is 5.43. The van der Waals surface area contributed by atoms with Crippen molar-refractivity contribution in [2.75, 3.05) is 6.54 Å². The van der Waals surface area contributed by atoms with Crippen molar-refractivity contribution in [1.29, 1.82) is 0 Å². The highest BCUT2D eigenvalue weighted by Crippen LogP contribution is 2.18. The van der Waals surface area contributed by atoms with Crippen LogP contribution in [0, 0.1) is 13.8 Å². The number of Topliss-reactive ketones (excluding diaryl/α,β-unsaturated/α-hetero) is 1. The molecule has 22 heavy (non-hydrogen) atoms. The molecule has 2 heteroatoms. The third-order valence-corrected chi connectivity index (χ3v) is 3.97. The number of rotatable bonds is 10. The van der Waals surface area contributed by atoms with Gasteiger partial charge in [0.1, 0.15) is 5.78 Å². The van der Waals surface area contributed by atoms with Crippen molar-refractivity contribution in [3.8, 4) is 0 Å². The topological polar surface area (TPSA) is 29.1 Å². The Balaban J connectivity index is 0.00000441. The number of hydrogen-bond donors (Lipinski definition) is 1. The molecule has 0 saturated carbocycles. The highest BCUT2D eigenvalue weighted by molar-refractivity contribution is 5.75. The van der Waals surface area contributed by atoms with Crippen LogP contribution >= 0.6 is 0 Å². The molecular formula is C20H33NO. The lowest BCUT2D eigenvalue weighted by atomic mass is 10.0. The van der Waals surface area contributed by atoms with Gasteiger partial charge in [-0.1, -0.05) is 51.5 Å². The van der Waals surface area contributed by atoms with Crippen LogP contribution in [0.5, 0.6) is 0 Å². The van der Waals surface area contributed by atoms with E-state index in [-0.39, 0.29) is 7.43 Å². The summed E-state index contributed by atoms with van der Waals surface area (Å²) in [6.07, 6.45) is 6.52. The molecule has 0 aromatic heterocycles. The predicted molar refractivity (Wildman–Crippen MR) is 98.1 cm³/mol. The van der Waals surface area contributed by atoms with Crippen LogP contribution < -0.4 is 5.32 Å². The quantitative estimate of drug-likeness (QED) is 0.584. The summed E-state index contributed by atoms with van der Waals surface area (Å²) in [4.78, 5) is 10.8. The minimum atomic E-state index is 0. The molecule has 0 atom stereocenters. The molecule has 0 aliphatic heterocycles. The summed E-state index contributed by atoms with van der Waals surface area (Å²) in [6.45, 7) is 11.1. The van der Waals surface area contributed by atoms with E-state index in [4.69, 9.17) is 0 Å². The van der Waals surface area contributed by atoms with E-state index >= 15 is 0 Å². The Morgan fingerprint density at radius 1 is 1.09 bits per heavy atom. The van der Waals surface area contributed by atoms with Gasteiger partial charge in [-0.15, -0.1) is 0 Å². The fourth-order valence-corrected chi connectivity index (χ4v) is 2.44. The average Bonchev–Trinajstić information content (AvgIpc) is 2.44. The first kappa shape index (κ1) is 20.4. The number of carbonyl (C=O) groups is 1. The normalized spacial score (nSPS) is 9.95. The molecule has 0 amide bonds. The van der Waals surface area contributed by atoms with Gasteiger partial charge in [-0.25, -0.2) is 0 Å². The Hall–Kier alpha value is -1.57. The molecule has 0 aliphatic rings. The second-order valence-electron chi connectivity index (χ2n) is 5.87. The zero-order valence-electron chi connectivity index (χ0n) is 13.8. The van der Waals surface area contributed by atoms with Crippen molar-refractivity contribution in [3.05, 3.63) is 41.5 Å². The number of ketones is 1. The smallest absolute Gasteiger partial charge is 0.129 e. The number of benzene rings is 1. The number of nitrogens with one attached hydrogen (secondary N) is 1. The zero-order valence-corrected chi connectivity index (χ0v) is 13.8. The molecule has 124 valence electrons. The molecular weight excluding hydrogens is 270 g/mol. The maximum absolute atomic E-state index is 10.8. The van der Waals surface area contributed by atoms with Gasteiger partial charge in [0.25, 0.3) is 0 Å². The van der Waals surface area contributed by atoms with Crippen LogP contribution in [0.2, 0.25) is 0 Å². The molecule has 1 rings (SSSR count). The summed E-state index contributed by atoms with van der Waals surface area (Å²) in [5.41, 5.74) is 4.85. The van der Waals surface area contributed by atoms with E-state index in [1.165, 1.54) is 29.5 Å². The lowest BCUT2D eigenvalue weighted by Crippen LogP contribution is -2.13. The summed E-state index contributed by atoms with van der Waals surface area (Å²) in [5.74, 6) is 0.307. The SMILES string of the molecule is C.C=C(NCCCCCCCC(C)=O)c1cccc(C)c1C. The van der Waals surface area contributed by atoms with E-state index in [0.29, 0.717) is 5.78 Å². The Labute approximate surface area is 137 Å². The van der Waals surface area contributed by atoms with Crippen LogP contribution in [0.25, 0.3) is 5.70 Å². The lowest BCUT2D eigenvalue weighted by molar-refractivity contribution is -0.117. The summed E-state index contributed by atoms with van der Waals surface area (Å²) in [5, 5.41) is 3.43. The number of carbonyl (C=O) groups excluding carboxylic acids is 1. The summed E-state index contributed by atoms with van der Waals surface area (Å²) < 4.78 is 0. The number of unbranched alkanes of at least 4 members (excludes halogenated alkanes) is 4. The molecule has 0 radical (unpaired) electrons.